The van der Waals surface area contributed by atoms with Crippen LogP contribution in [0.15, 0.2) is 0 Å². The molecule has 98 valence electrons. The molecule has 0 bridgehead atoms. The summed E-state index contributed by atoms with van der Waals surface area (Å²) in [6.07, 6.45) is 2.10. The first-order valence-corrected chi connectivity index (χ1v) is 6.23. The third-order valence-corrected chi connectivity index (χ3v) is 2.91. The van der Waals surface area contributed by atoms with E-state index in [1.165, 1.54) is 0 Å². The quantitative estimate of drug-likeness (QED) is 0.657. The van der Waals surface area contributed by atoms with Crippen LogP contribution >= 0.6 is 0 Å². The summed E-state index contributed by atoms with van der Waals surface area (Å²) in [4.78, 5) is 25.1. The van der Waals surface area contributed by atoms with Gasteiger partial charge >= 0.3 is 0 Å². The average Bonchev–Trinajstić information content (AvgIpc) is 2.68. The summed E-state index contributed by atoms with van der Waals surface area (Å²) in [5, 5.41) is 2.84. The minimum absolute atomic E-state index is 0.00874. The first-order chi connectivity index (χ1) is 8.19. The summed E-state index contributed by atoms with van der Waals surface area (Å²) in [6, 6.07) is 0. The lowest BCUT2D eigenvalue weighted by Gasteiger charge is -2.16. The molecule has 0 saturated carbocycles. The zero-order valence-corrected chi connectivity index (χ0v) is 10.7. The summed E-state index contributed by atoms with van der Waals surface area (Å²) in [7, 11) is 1.65. The maximum atomic E-state index is 11.7. The van der Waals surface area contributed by atoms with Crippen LogP contribution in [0.3, 0.4) is 0 Å². The standard InChI is InChI=1S/C12H22N2O3/c1-3-5-13-12(16)10-8-11(15)14(9-10)6-4-7-17-2/h10H,3-9H2,1-2H3,(H,13,16). The number of methoxy groups -OCH3 is 1. The summed E-state index contributed by atoms with van der Waals surface area (Å²) in [5.74, 6) is -0.0798. The molecule has 2 amide bonds. The van der Waals surface area contributed by atoms with Crippen LogP contribution in [0.5, 0.6) is 0 Å². The van der Waals surface area contributed by atoms with E-state index in [0.29, 0.717) is 32.7 Å². The number of nitrogens with one attached hydrogen (secondary N) is 1. The Kier molecular flexibility index (Phi) is 5.97. The highest BCUT2D eigenvalue weighted by Crippen LogP contribution is 2.18. The molecule has 17 heavy (non-hydrogen) atoms. The molecule has 1 heterocycles. The largest absolute Gasteiger partial charge is 0.385 e. The molecule has 0 aromatic carbocycles. The van der Waals surface area contributed by atoms with E-state index in [-0.39, 0.29) is 17.7 Å². The molecule has 1 fully saturated rings. The van der Waals surface area contributed by atoms with Crippen LogP contribution in [0, 0.1) is 5.92 Å². The third-order valence-electron chi connectivity index (χ3n) is 2.91. The van der Waals surface area contributed by atoms with Crippen molar-refractivity contribution in [2.24, 2.45) is 5.92 Å². The first-order valence-electron chi connectivity index (χ1n) is 6.23. The molecule has 0 radical (unpaired) electrons. The molecule has 0 spiro atoms. The Morgan fingerprint density at radius 3 is 3.00 bits per heavy atom. The molecule has 1 atom stereocenters. The normalized spacial score (nSPS) is 19.8. The van der Waals surface area contributed by atoms with Crippen molar-refractivity contribution in [2.45, 2.75) is 26.2 Å². The highest BCUT2D eigenvalue weighted by atomic mass is 16.5. The topological polar surface area (TPSA) is 58.6 Å². The maximum Gasteiger partial charge on any atom is 0.225 e. The van der Waals surface area contributed by atoms with E-state index in [1.807, 2.05) is 6.92 Å². The fourth-order valence-electron chi connectivity index (χ4n) is 1.96. The van der Waals surface area contributed by atoms with E-state index in [2.05, 4.69) is 5.32 Å². The van der Waals surface area contributed by atoms with Crippen molar-refractivity contribution >= 4 is 11.8 Å². The number of amides is 2. The fourth-order valence-corrected chi connectivity index (χ4v) is 1.96. The highest BCUT2D eigenvalue weighted by molar-refractivity contribution is 5.89. The number of nitrogens with zero attached hydrogens (tertiary/aromatic N) is 1. The van der Waals surface area contributed by atoms with E-state index in [9.17, 15) is 9.59 Å². The lowest BCUT2D eigenvalue weighted by Crippen LogP contribution is -2.33. The molecular formula is C12H22N2O3. The van der Waals surface area contributed by atoms with Crippen LogP contribution in [0.1, 0.15) is 26.2 Å². The van der Waals surface area contributed by atoms with Crippen molar-refractivity contribution in [3.8, 4) is 0 Å². The van der Waals surface area contributed by atoms with Crippen LogP contribution in [0.2, 0.25) is 0 Å². The minimum Gasteiger partial charge on any atom is -0.385 e. The molecule has 1 aliphatic heterocycles. The number of hydrogen-bond donors (Lipinski definition) is 1. The van der Waals surface area contributed by atoms with Gasteiger partial charge < -0.3 is 15.0 Å². The van der Waals surface area contributed by atoms with Gasteiger partial charge in [-0.05, 0) is 12.8 Å². The van der Waals surface area contributed by atoms with Gasteiger partial charge in [-0.15, -0.1) is 0 Å². The fraction of sp³-hybridized carbons (Fsp3) is 0.833. The van der Waals surface area contributed by atoms with Gasteiger partial charge in [0.2, 0.25) is 11.8 Å². The Hall–Kier alpha value is -1.10. The van der Waals surface area contributed by atoms with Crippen molar-refractivity contribution in [3.63, 3.8) is 0 Å². The van der Waals surface area contributed by atoms with Crippen molar-refractivity contribution in [3.05, 3.63) is 0 Å². The van der Waals surface area contributed by atoms with E-state index in [1.54, 1.807) is 12.0 Å². The van der Waals surface area contributed by atoms with Gasteiger partial charge in [-0.25, -0.2) is 0 Å². The SMILES string of the molecule is CCCNC(=O)C1CC(=O)N(CCCOC)C1. The number of likely N-dealkylation sites (tertiary alicyclic amines) is 1. The van der Waals surface area contributed by atoms with Crippen molar-refractivity contribution in [1.29, 1.82) is 0 Å². The second-order valence-electron chi connectivity index (χ2n) is 4.38. The molecule has 5 heteroatoms. The van der Waals surface area contributed by atoms with E-state index < -0.39 is 0 Å². The smallest absolute Gasteiger partial charge is 0.225 e. The molecule has 5 nitrogen and oxygen atoms in total. The Morgan fingerprint density at radius 2 is 2.35 bits per heavy atom. The Labute approximate surface area is 102 Å². The second-order valence-corrected chi connectivity index (χ2v) is 4.38. The number of hydrogen-bond acceptors (Lipinski definition) is 3. The molecule has 1 aliphatic rings. The molecule has 1 N–H and O–H groups in total. The van der Waals surface area contributed by atoms with Gasteiger partial charge in [-0.2, -0.15) is 0 Å². The van der Waals surface area contributed by atoms with E-state index in [0.717, 1.165) is 12.8 Å². The molecule has 0 aromatic heterocycles. The van der Waals surface area contributed by atoms with Crippen LogP contribution in [-0.2, 0) is 14.3 Å². The van der Waals surface area contributed by atoms with Crippen molar-refractivity contribution < 1.29 is 14.3 Å². The molecule has 1 unspecified atom stereocenters. The molecule has 1 saturated heterocycles. The van der Waals surface area contributed by atoms with Gasteiger partial charge in [0.05, 0.1) is 5.92 Å². The number of carbonyl (C=O) groups excluding carboxylic acids is 2. The zero-order chi connectivity index (χ0) is 12.7. The minimum atomic E-state index is -0.170. The zero-order valence-electron chi connectivity index (χ0n) is 10.7. The lowest BCUT2D eigenvalue weighted by molar-refractivity contribution is -0.129. The molecule has 0 aromatic rings. The van der Waals surface area contributed by atoms with Crippen LogP contribution in [-0.4, -0.2) is 50.1 Å². The number of carbonyl (C=O) groups is 2. The second kappa shape index (κ2) is 7.27. The maximum absolute atomic E-state index is 11.7. The van der Waals surface area contributed by atoms with Crippen molar-refractivity contribution in [1.82, 2.24) is 10.2 Å². The Bertz CT molecular complexity index is 268. The predicted molar refractivity (Wildman–Crippen MR) is 64.5 cm³/mol. The van der Waals surface area contributed by atoms with Gasteiger partial charge in [0.15, 0.2) is 0 Å². The first kappa shape index (κ1) is 14.0. The predicted octanol–water partition coefficient (Wildman–Crippen LogP) is 0.398. The van der Waals surface area contributed by atoms with E-state index >= 15 is 0 Å². The lowest BCUT2D eigenvalue weighted by atomic mass is 10.1. The van der Waals surface area contributed by atoms with Crippen LogP contribution in [0.25, 0.3) is 0 Å². The van der Waals surface area contributed by atoms with Gasteiger partial charge in [0, 0.05) is 39.8 Å². The van der Waals surface area contributed by atoms with E-state index in [4.69, 9.17) is 4.74 Å². The van der Waals surface area contributed by atoms with Gasteiger partial charge in [-0.1, -0.05) is 6.92 Å². The van der Waals surface area contributed by atoms with Gasteiger partial charge in [-0.3, -0.25) is 9.59 Å². The van der Waals surface area contributed by atoms with Gasteiger partial charge in [0.25, 0.3) is 0 Å². The number of rotatable bonds is 7. The summed E-state index contributed by atoms with van der Waals surface area (Å²) in [6.45, 7) is 4.59. The van der Waals surface area contributed by atoms with Crippen LogP contribution < -0.4 is 5.32 Å². The third kappa shape index (κ3) is 4.34. The monoisotopic (exact) mass is 242 g/mol. The average molecular weight is 242 g/mol. The summed E-state index contributed by atoms with van der Waals surface area (Å²) >= 11 is 0. The molecule has 1 rings (SSSR count). The number of ether oxygens (including phenoxy) is 1. The summed E-state index contributed by atoms with van der Waals surface area (Å²) < 4.78 is 4.95. The van der Waals surface area contributed by atoms with Crippen molar-refractivity contribution in [2.75, 3.05) is 33.4 Å². The van der Waals surface area contributed by atoms with Crippen LogP contribution in [0.4, 0.5) is 0 Å². The molecular weight excluding hydrogens is 220 g/mol. The highest BCUT2D eigenvalue weighted by Gasteiger charge is 2.33. The summed E-state index contributed by atoms with van der Waals surface area (Å²) in [5.41, 5.74) is 0. The van der Waals surface area contributed by atoms with Gasteiger partial charge in [0.1, 0.15) is 0 Å². The molecule has 0 aliphatic carbocycles. The Morgan fingerprint density at radius 1 is 1.59 bits per heavy atom. The Balaban J connectivity index is 2.32.